The molecule has 6 heteroatoms. The van der Waals surface area contributed by atoms with Crippen molar-refractivity contribution in [3.63, 3.8) is 0 Å². The zero-order valence-corrected chi connectivity index (χ0v) is 13.8. The standard InChI is InChI=1S/C16H28N6/c1-3-17-16(18-9-15-20-19-12-21(15)4-2)22-10-13-7-5-6-8-14(13)11-22/h12-14H,3-11H2,1-2H3,(H,17,18). The number of hydrogen-bond donors (Lipinski definition) is 1. The van der Waals surface area contributed by atoms with E-state index in [1.54, 1.807) is 6.33 Å². The van der Waals surface area contributed by atoms with Gasteiger partial charge in [0.2, 0.25) is 0 Å². The molecular weight excluding hydrogens is 276 g/mol. The van der Waals surface area contributed by atoms with Crippen LogP contribution >= 0.6 is 0 Å². The van der Waals surface area contributed by atoms with Gasteiger partial charge in [-0.2, -0.15) is 0 Å². The van der Waals surface area contributed by atoms with E-state index in [9.17, 15) is 0 Å². The molecule has 0 radical (unpaired) electrons. The van der Waals surface area contributed by atoms with Crippen LogP contribution in [0, 0.1) is 11.8 Å². The van der Waals surface area contributed by atoms with Crippen LogP contribution in [0.3, 0.4) is 0 Å². The van der Waals surface area contributed by atoms with Crippen molar-refractivity contribution in [2.24, 2.45) is 16.8 Å². The normalized spacial score (nSPS) is 25.4. The number of aryl methyl sites for hydroxylation is 1. The lowest BCUT2D eigenvalue weighted by Gasteiger charge is -2.22. The zero-order valence-electron chi connectivity index (χ0n) is 13.8. The number of guanidine groups is 1. The molecule has 6 nitrogen and oxygen atoms in total. The molecule has 1 saturated carbocycles. The van der Waals surface area contributed by atoms with Crippen LogP contribution in [-0.4, -0.2) is 45.3 Å². The van der Waals surface area contributed by atoms with Crippen molar-refractivity contribution >= 4 is 5.96 Å². The van der Waals surface area contributed by atoms with Gasteiger partial charge in [0.05, 0.1) is 0 Å². The molecule has 2 aliphatic rings. The summed E-state index contributed by atoms with van der Waals surface area (Å²) in [5, 5.41) is 11.6. The fraction of sp³-hybridized carbons (Fsp3) is 0.812. The Morgan fingerprint density at radius 1 is 1.27 bits per heavy atom. The van der Waals surface area contributed by atoms with Crippen molar-refractivity contribution < 1.29 is 0 Å². The van der Waals surface area contributed by atoms with Crippen LogP contribution in [0.2, 0.25) is 0 Å². The molecule has 2 unspecified atom stereocenters. The van der Waals surface area contributed by atoms with Gasteiger partial charge in [-0.05, 0) is 38.5 Å². The van der Waals surface area contributed by atoms with Gasteiger partial charge in [0.25, 0.3) is 0 Å². The molecule has 1 aliphatic carbocycles. The Morgan fingerprint density at radius 3 is 2.64 bits per heavy atom. The molecule has 2 atom stereocenters. The highest BCUT2D eigenvalue weighted by molar-refractivity contribution is 5.80. The van der Waals surface area contributed by atoms with Crippen molar-refractivity contribution in [1.82, 2.24) is 25.0 Å². The molecule has 22 heavy (non-hydrogen) atoms. The molecule has 0 bridgehead atoms. The summed E-state index contributed by atoms with van der Waals surface area (Å²) >= 11 is 0. The molecule has 0 spiro atoms. The summed E-state index contributed by atoms with van der Waals surface area (Å²) in [5.74, 6) is 3.73. The first kappa shape index (κ1) is 15.3. The smallest absolute Gasteiger partial charge is 0.194 e. The van der Waals surface area contributed by atoms with Crippen molar-refractivity contribution in [2.75, 3.05) is 19.6 Å². The van der Waals surface area contributed by atoms with Gasteiger partial charge in [-0.15, -0.1) is 10.2 Å². The van der Waals surface area contributed by atoms with E-state index in [1.807, 2.05) is 0 Å². The summed E-state index contributed by atoms with van der Waals surface area (Å²) in [6.07, 6.45) is 7.38. The first-order valence-electron chi connectivity index (χ1n) is 8.71. The lowest BCUT2D eigenvalue weighted by Crippen LogP contribution is -2.40. The van der Waals surface area contributed by atoms with Crippen molar-refractivity contribution in [3.05, 3.63) is 12.2 Å². The lowest BCUT2D eigenvalue weighted by molar-refractivity contribution is 0.299. The van der Waals surface area contributed by atoms with E-state index in [2.05, 4.69) is 38.8 Å². The molecule has 3 rings (SSSR count). The number of fused-ring (bicyclic) bond motifs is 1. The Balaban J connectivity index is 1.68. The van der Waals surface area contributed by atoms with Crippen molar-refractivity contribution in [3.8, 4) is 0 Å². The third kappa shape index (κ3) is 3.25. The second kappa shape index (κ2) is 7.11. The Labute approximate surface area is 133 Å². The van der Waals surface area contributed by atoms with Gasteiger partial charge in [0.15, 0.2) is 11.8 Å². The second-order valence-corrected chi connectivity index (χ2v) is 6.41. The summed E-state index contributed by atoms with van der Waals surface area (Å²) in [6.45, 7) is 8.96. The van der Waals surface area contributed by atoms with Crippen LogP contribution in [0.5, 0.6) is 0 Å². The van der Waals surface area contributed by atoms with E-state index < -0.39 is 0 Å². The summed E-state index contributed by atoms with van der Waals surface area (Å²) in [7, 11) is 0. The molecule has 0 amide bonds. The van der Waals surface area contributed by atoms with E-state index >= 15 is 0 Å². The van der Waals surface area contributed by atoms with Gasteiger partial charge in [-0.1, -0.05) is 12.8 Å². The number of nitrogens with one attached hydrogen (secondary N) is 1. The maximum atomic E-state index is 4.81. The molecule has 2 fully saturated rings. The minimum atomic E-state index is 0.599. The van der Waals surface area contributed by atoms with Crippen molar-refractivity contribution in [1.29, 1.82) is 0 Å². The third-order valence-electron chi connectivity index (χ3n) is 5.02. The molecule has 1 aromatic rings. The predicted molar refractivity (Wildman–Crippen MR) is 87.5 cm³/mol. The van der Waals surface area contributed by atoms with E-state index in [-0.39, 0.29) is 0 Å². The van der Waals surface area contributed by atoms with Crippen LogP contribution in [-0.2, 0) is 13.1 Å². The maximum Gasteiger partial charge on any atom is 0.194 e. The number of rotatable bonds is 4. The summed E-state index contributed by atoms with van der Waals surface area (Å²) in [6, 6.07) is 0. The molecule has 122 valence electrons. The first-order valence-corrected chi connectivity index (χ1v) is 8.71. The SMILES string of the molecule is CCNC(=NCc1nncn1CC)N1CC2CCCCC2C1. The molecule has 0 aromatic carbocycles. The quantitative estimate of drug-likeness (QED) is 0.682. The highest BCUT2D eigenvalue weighted by atomic mass is 15.3. The third-order valence-corrected chi connectivity index (χ3v) is 5.02. The Hall–Kier alpha value is -1.59. The molecule has 1 N–H and O–H groups in total. The number of nitrogens with zero attached hydrogens (tertiary/aromatic N) is 5. The monoisotopic (exact) mass is 304 g/mol. The highest BCUT2D eigenvalue weighted by Gasteiger charge is 2.35. The van der Waals surface area contributed by atoms with E-state index in [0.29, 0.717) is 6.54 Å². The first-order chi connectivity index (χ1) is 10.8. The maximum absolute atomic E-state index is 4.81. The van der Waals surface area contributed by atoms with Crippen LogP contribution in [0.15, 0.2) is 11.3 Å². The molecule has 2 heterocycles. The molecular formula is C16H28N6. The average Bonchev–Trinajstić information content (AvgIpc) is 3.17. The van der Waals surface area contributed by atoms with Gasteiger partial charge in [-0.25, -0.2) is 4.99 Å². The second-order valence-electron chi connectivity index (χ2n) is 6.41. The van der Waals surface area contributed by atoms with E-state index in [1.165, 1.54) is 25.7 Å². The minimum Gasteiger partial charge on any atom is -0.357 e. The van der Waals surface area contributed by atoms with Crippen LogP contribution in [0.1, 0.15) is 45.4 Å². The molecule has 1 aromatic heterocycles. The van der Waals surface area contributed by atoms with Gasteiger partial charge in [0, 0.05) is 26.2 Å². The van der Waals surface area contributed by atoms with Crippen LogP contribution < -0.4 is 5.32 Å². The van der Waals surface area contributed by atoms with E-state index in [4.69, 9.17) is 4.99 Å². The topological polar surface area (TPSA) is 58.3 Å². The van der Waals surface area contributed by atoms with Gasteiger partial charge < -0.3 is 14.8 Å². The number of hydrogen-bond acceptors (Lipinski definition) is 3. The lowest BCUT2D eigenvalue weighted by atomic mass is 9.82. The zero-order chi connectivity index (χ0) is 15.4. The fourth-order valence-corrected chi connectivity index (χ4v) is 3.82. The number of likely N-dealkylation sites (tertiary alicyclic amines) is 1. The number of aliphatic imine (C=N–C) groups is 1. The average molecular weight is 304 g/mol. The van der Waals surface area contributed by atoms with Gasteiger partial charge >= 0.3 is 0 Å². The van der Waals surface area contributed by atoms with E-state index in [0.717, 1.165) is 49.8 Å². The number of aromatic nitrogens is 3. The van der Waals surface area contributed by atoms with Gasteiger partial charge in [-0.3, -0.25) is 0 Å². The van der Waals surface area contributed by atoms with Crippen molar-refractivity contribution in [2.45, 2.75) is 52.6 Å². The summed E-state index contributed by atoms with van der Waals surface area (Å²) in [5.41, 5.74) is 0. The van der Waals surface area contributed by atoms with Crippen LogP contribution in [0.25, 0.3) is 0 Å². The largest absolute Gasteiger partial charge is 0.357 e. The van der Waals surface area contributed by atoms with Gasteiger partial charge in [0.1, 0.15) is 12.9 Å². The Morgan fingerprint density at radius 2 is 2.00 bits per heavy atom. The molecule has 1 aliphatic heterocycles. The summed E-state index contributed by atoms with van der Waals surface area (Å²) in [4.78, 5) is 7.27. The molecule has 1 saturated heterocycles. The fourth-order valence-electron chi connectivity index (χ4n) is 3.82. The minimum absolute atomic E-state index is 0.599. The predicted octanol–water partition coefficient (Wildman–Crippen LogP) is 1.89. The Bertz CT molecular complexity index is 494. The highest BCUT2D eigenvalue weighted by Crippen LogP contribution is 2.35. The van der Waals surface area contributed by atoms with Crippen LogP contribution in [0.4, 0.5) is 0 Å². The summed E-state index contributed by atoms with van der Waals surface area (Å²) < 4.78 is 2.05. The Kier molecular flexibility index (Phi) is 4.95.